The summed E-state index contributed by atoms with van der Waals surface area (Å²) in [6.45, 7) is 5.26. The zero-order chi connectivity index (χ0) is 12.2. The molecule has 16 heavy (non-hydrogen) atoms. The molecule has 2 nitrogen and oxygen atoms in total. The number of hydrogen-bond donors (Lipinski definition) is 2. The van der Waals surface area contributed by atoms with Gasteiger partial charge in [-0.05, 0) is 41.8 Å². The summed E-state index contributed by atoms with van der Waals surface area (Å²) in [5.41, 5.74) is -0.00229. The van der Waals surface area contributed by atoms with Crippen molar-refractivity contribution in [1.82, 2.24) is 5.32 Å². The maximum absolute atomic E-state index is 9.01. The molecular formula is C11H17BrClNOS. The Morgan fingerprint density at radius 3 is 2.75 bits per heavy atom. The monoisotopic (exact) mass is 325 g/mol. The van der Waals surface area contributed by atoms with Gasteiger partial charge in [0, 0.05) is 28.0 Å². The van der Waals surface area contributed by atoms with E-state index in [1.54, 1.807) is 11.3 Å². The fourth-order valence-corrected chi connectivity index (χ4v) is 3.15. The third-order valence-corrected chi connectivity index (χ3v) is 5.30. The molecule has 0 saturated heterocycles. The molecule has 1 unspecified atom stereocenters. The SMILES string of the molecule is CCC(C)(CCO)NCc1cc(Br)c(Cl)s1. The number of nitrogens with one attached hydrogen (secondary N) is 1. The van der Waals surface area contributed by atoms with Crippen molar-refractivity contribution in [3.05, 3.63) is 19.8 Å². The van der Waals surface area contributed by atoms with Gasteiger partial charge in [-0.25, -0.2) is 0 Å². The molecule has 1 aromatic rings. The first-order valence-electron chi connectivity index (χ1n) is 5.30. The maximum Gasteiger partial charge on any atom is 0.107 e. The molecule has 1 aromatic heterocycles. The Hall–Kier alpha value is 0.390. The Morgan fingerprint density at radius 2 is 2.31 bits per heavy atom. The Bertz CT molecular complexity index is 325. The van der Waals surface area contributed by atoms with Gasteiger partial charge in [-0.1, -0.05) is 18.5 Å². The summed E-state index contributed by atoms with van der Waals surface area (Å²) in [6, 6.07) is 2.04. The van der Waals surface area contributed by atoms with Crippen molar-refractivity contribution in [1.29, 1.82) is 0 Å². The molecule has 1 heterocycles. The van der Waals surface area contributed by atoms with Gasteiger partial charge in [-0.15, -0.1) is 11.3 Å². The van der Waals surface area contributed by atoms with E-state index in [4.69, 9.17) is 16.7 Å². The van der Waals surface area contributed by atoms with Crippen molar-refractivity contribution in [2.75, 3.05) is 6.61 Å². The number of thiophene rings is 1. The summed E-state index contributed by atoms with van der Waals surface area (Å²) in [6.07, 6.45) is 1.76. The molecule has 0 aromatic carbocycles. The Morgan fingerprint density at radius 1 is 1.62 bits per heavy atom. The minimum atomic E-state index is -0.00229. The van der Waals surface area contributed by atoms with E-state index in [2.05, 4.69) is 35.1 Å². The summed E-state index contributed by atoms with van der Waals surface area (Å²) >= 11 is 11.0. The first kappa shape index (κ1) is 14.5. The van der Waals surface area contributed by atoms with Crippen LogP contribution >= 0.6 is 38.9 Å². The molecule has 0 aliphatic carbocycles. The van der Waals surface area contributed by atoms with Gasteiger partial charge >= 0.3 is 0 Å². The quantitative estimate of drug-likeness (QED) is 0.833. The van der Waals surface area contributed by atoms with Gasteiger partial charge in [0.15, 0.2) is 0 Å². The second kappa shape index (κ2) is 6.36. The molecule has 0 radical (unpaired) electrons. The van der Waals surface area contributed by atoms with E-state index in [1.165, 1.54) is 4.88 Å². The van der Waals surface area contributed by atoms with E-state index < -0.39 is 0 Å². The van der Waals surface area contributed by atoms with E-state index in [1.807, 2.05) is 6.07 Å². The van der Waals surface area contributed by atoms with Crippen LogP contribution < -0.4 is 5.32 Å². The van der Waals surface area contributed by atoms with Gasteiger partial charge in [0.2, 0.25) is 0 Å². The molecule has 0 spiro atoms. The summed E-state index contributed by atoms with van der Waals surface area (Å²) in [4.78, 5) is 1.20. The normalized spacial score (nSPS) is 15.1. The van der Waals surface area contributed by atoms with E-state index in [0.717, 1.165) is 28.2 Å². The van der Waals surface area contributed by atoms with Crippen LogP contribution in [0.2, 0.25) is 4.34 Å². The number of rotatable bonds is 6. The zero-order valence-corrected chi connectivity index (χ0v) is 12.7. The standard InChI is InChI=1S/C11H17BrClNOS/c1-3-11(2,4-5-15)14-7-8-6-9(12)10(13)16-8/h6,14-15H,3-5,7H2,1-2H3. The molecule has 0 amide bonds. The number of aliphatic hydroxyl groups excluding tert-OH is 1. The summed E-state index contributed by atoms with van der Waals surface area (Å²) < 4.78 is 1.74. The topological polar surface area (TPSA) is 32.3 Å². The summed E-state index contributed by atoms with van der Waals surface area (Å²) in [5, 5.41) is 12.5. The van der Waals surface area contributed by atoms with E-state index in [0.29, 0.717) is 0 Å². The Labute approximate surface area is 114 Å². The average Bonchev–Trinajstić information content (AvgIpc) is 2.56. The van der Waals surface area contributed by atoms with Gasteiger partial charge in [-0.3, -0.25) is 0 Å². The first-order chi connectivity index (χ1) is 7.50. The fraction of sp³-hybridized carbons (Fsp3) is 0.636. The van der Waals surface area contributed by atoms with Crippen molar-refractivity contribution in [3.63, 3.8) is 0 Å². The molecule has 0 bridgehead atoms. The Balaban J connectivity index is 2.55. The smallest absolute Gasteiger partial charge is 0.107 e. The highest BCUT2D eigenvalue weighted by Gasteiger charge is 2.20. The average molecular weight is 327 g/mol. The van der Waals surface area contributed by atoms with Crippen molar-refractivity contribution in [3.8, 4) is 0 Å². The lowest BCUT2D eigenvalue weighted by atomic mass is 9.95. The van der Waals surface area contributed by atoms with Gasteiger partial charge < -0.3 is 10.4 Å². The number of halogens is 2. The summed E-state index contributed by atoms with van der Waals surface area (Å²) in [7, 11) is 0. The van der Waals surface area contributed by atoms with Gasteiger partial charge in [-0.2, -0.15) is 0 Å². The molecule has 0 aliphatic heterocycles. The zero-order valence-electron chi connectivity index (χ0n) is 9.52. The molecule has 5 heteroatoms. The highest BCUT2D eigenvalue weighted by atomic mass is 79.9. The van der Waals surface area contributed by atoms with Crippen LogP contribution in [-0.4, -0.2) is 17.3 Å². The van der Waals surface area contributed by atoms with Crippen LogP contribution in [0, 0.1) is 0 Å². The van der Waals surface area contributed by atoms with Crippen LogP contribution in [0.5, 0.6) is 0 Å². The van der Waals surface area contributed by atoms with Crippen LogP contribution in [0.3, 0.4) is 0 Å². The minimum Gasteiger partial charge on any atom is -0.396 e. The lowest BCUT2D eigenvalue weighted by Gasteiger charge is -2.28. The van der Waals surface area contributed by atoms with Crippen LogP contribution in [-0.2, 0) is 6.54 Å². The number of aliphatic hydroxyl groups is 1. The fourth-order valence-electron chi connectivity index (χ4n) is 1.42. The third kappa shape index (κ3) is 4.00. The molecular weight excluding hydrogens is 310 g/mol. The minimum absolute atomic E-state index is 0.00229. The van der Waals surface area contributed by atoms with Crippen molar-refractivity contribution in [2.24, 2.45) is 0 Å². The molecule has 1 atom stereocenters. The van der Waals surface area contributed by atoms with Crippen molar-refractivity contribution < 1.29 is 5.11 Å². The van der Waals surface area contributed by atoms with Crippen LogP contribution in [0.4, 0.5) is 0 Å². The summed E-state index contributed by atoms with van der Waals surface area (Å²) in [5.74, 6) is 0. The van der Waals surface area contributed by atoms with Crippen molar-refractivity contribution >= 4 is 38.9 Å². The van der Waals surface area contributed by atoms with Gasteiger partial charge in [0.25, 0.3) is 0 Å². The molecule has 0 saturated carbocycles. The van der Waals surface area contributed by atoms with E-state index in [9.17, 15) is 0 Å². The lowest BCUT2D eigenvalue weighted by molar-refractivity contribution is 0.215. The number of hydrogen-bond acceptors (Lipinski definition) is 3. The van der Waals surface area contributed by atoms with Crippen molar-refractivity contribution in [2.45, 2.75) is 38.8 Å². The molecule has 0 fully saturated rings. The highest BCUT2D eigenvalue weighted by Crippen LogP contribution is 2.32. The Kier molecular flexibility index (Phi) is 5.74. The molecule has 2 N–H and O–H groups in total. The van der Waals surface area contributed by atoms with Crippen LogP contribution in [0.25, 0.3) is 0 Å². The largest absolute Gasteiger partial charge is 0.396 e. The van der Waals surface area contributed by atoms with Crippen LogP contribution in [0.1, 0.15) is 31.6 Å². The lowest BCUT2D eigenvalue weighted by Crippen LogP contribution is -2.41. The second-order valence-corrected chi connectivity index (χ2v) is 6.67. The predicted octanol–water partition coefficient (Wildman–Crippen LogP) is 3.80. The van der Waals surface area contributed by atoms with Gasteiger partial charge in [0.05, 0.1) is 0 Å². The second-order valence-electron chi connectivity index (χ2n) is 4.08. The molecule has 92 valence electrons. The predicted molar refractivity (Wildman–Crippen MR) is 74.3 cm³/mol. The highest BCUT2D eigenvalue weighted by molar-refractivity contribution is 9.10. The maximum atomic E-state index is 9.01. The van der Waals surface area contributed by atoms with Gasteiger partial charge in [0.1, 0.15) is 4.34 Å². The van der Waals surface area contributed by atoms with E-state index >= 15 is 0 Å². The van der Waals surface area contributed by atoms with Crippen LogP contribution in [0.15, 0.2) is 10.5 Å². The first-order valence-corrected chi connectivity index (χ1v) is 7.29. The third-order valence-electron chi connectivity index (χ3n) is 2.83. The van der Waals surface area contributed by atoms with E-state index in [-0.39, 0.29) is 12.1 Å². The molecule has 1 rings (SSSR count). The molecule has 0 aliphatic rings.